The maximum Gasteiger partial charge on any atom is 0.247 e. The first kappa shape index (κ1) is 15.3. The van der Waals surface area contributed by atoms with E-state index >= 15 is 0 Å². The van der Waals surface area contributed by atoms with Crippen LogP contribution in [-0.2, 0) is 4.79 Å². The van der Waals surface area contributed by atoms with Gasteiger partial charge in [0.1, 0.15) is 0 Å². The van der Waals surface area contributed by atoms with E-state index in [1.54, 1.807) is 23.5 Å². The van der Waals surface area contributed by atoms with Gasteiger partial charge in [0.05, 0.1) is 0 Å². The lowest BCUT2D eigenvalue weighted by atomic mass is 9.85. The molecule has 0 bridgehead atoms. The zero-order valence-corrected chi connectivity index (χ0v) is 13.7. The Bertz CT molecular complexity index is 635. The quantitative estimate of drug-likeness (QED) is 0.863. The summed E-state index contributed by atoms with van der Waals surface area (Å²) in [7, 11) is 0. The first-order valence-corrected chi connectivity index (χ1v) is 9.14. The van der Waals surface area contributed by atoms with Crippen molar-refractivity contribution in [3.63, 3.8) is 0 Å². The summed E-state index contributed by atoms with van der Waals surface area (Å²) in [5.41, 5.74) is 8.70. The molecule has 2 aromatic carbocycles. The fourth-order valence-electron chi connectivity index (χ4n) is 2.64. The van der Waals surface area contributed by atoms with E-state index in [1.165, 1.54) is 0 Å². The molecule has 3 rings (SSSR count). The fourth-order valence-corrected chi connectivity index (χ4v) is 5.26. The van der Waals surface area contributed by atoms with E-state index in [1.807, 2.05) is 36.4 Å². The Hall–Kier alpha value is -1.65. The summed E-state index contributed by atoms with van der Waals surface area (Å²) < 4.78 is 1.07. The van der Waals surface area contributed by atoms with Gasteiger partial charge in [-0.1, -0.05) is 60.7 Å². The Labute approximate surface area is 139 Å². The molecule has 1 aliphatic rings. The fraction of sp³-hybridized carbons (Fsp3) is 0.167. The number of rotatable bonds is 4. The molecule has 0 radical (unpaired) electrons. The van der Waals surface area contributed by atoms with Crippen molar-refractivity contribution in [2.45, 2.75) is 5.92 Å². The second-order valence-electron chi connectivity index (χ2n) is 5.02. The van der Waals surface area contributed by atoms with Crippen molar-refractivity contribution >= 4 is 29.4 Å². The minimum absolute atomic E-state index is 0.104. The number of hydrogen-bond acceptors (Lipinski definition) is 3. The number of carbonyl (C=O) groups is 1. The van der Waals surface area contributed by atoms with E-state index in [9.17, 15) is 4.79 Å². The minimum atomic E-state index is -0.324. The molecule has 1 aliphatic heterocycles. The summed E-state index contributed by atoms with van der Waals surface area (Å²) >= 11 is 3.48. The van der Waals surface area contributed by atoms with E-state index < -0.39 is 0 Å². The molecule has 0 aromatic heterocycles. The molecule has 112 valence electrons. The van der Waals surface area contributed by atoms with Gasteiger partial charge in [0.2, 0.25) is 5.91 Å². The molecule has 1 amide bonds. The maximum absolute atomic E-state index is 12.2. The third-order valence-corrected chi connectivity index (χ3v) is 6.34. The molecule has 1 heterocycles. The van der Waals surface area contributed by atoms with E-state index in [4.69, 9.17) is 5.73 Å². The lowest BCUT2D eigenvalue weighted by Crippen LogP contribution is -2.21. The lowest BCUT2D eigenvalue weighted by Gasteiger charge is -2.21. The largest absolute Gasteiger partial charge is 0.366 e. The SMILES string of the molecule is NC(=O)C(=C1SCCS1)C(c1ccccc1)c1ccccc1. The Morgan fingerprint density at radius 1 is 0.864 bits per heavy atom. The standard InChI is InChI=1S/C18H17NOS2/c19-17(20)16(18-21-11-12-22-18)15(13-7-3-1-4-8-13)14-9-5-2-6-10-14/h1-10,15H,11-12H2,(H2,19,20). The van der Waals surface area contributed by atoms with Crippen molar-refractivity contribution in [3.05, 3.63) is 81.6 Å². The van der Waals surface area contributed by atoms with Crippen LogP contribution in [0, 0.1) is 0 Å². The van der Waals surface area contributed by atoms with Gasteiger partial charge in [0, 0.05) is 27.2 Å². The molecular formula is C18H17NOS2. The smallest absolute Gasteiger partial charge is 0.247 e. The molecular weight excluding hydrogens is 310 g/mol. The average Bonchev–Trinajstić information content (AvgIpc) is 3.07. The number of thioether (sulfide) groups is 2. The van der Waals surface area contributed by atoms with Crippen LogP contribution in [0.4, 0.5) is 0 Å². The summed E-state index contributed by atoms with van der Waals surface area (Å²) in [6.07, 6.45) is 0. The van der Waals surface area contributed by atoms with Gasteiger partial charge >= 0.3 is 0 Å². The summed E-state index contributed by atoms with van der Waals surface area (Å²) in [6.45, 7) is 0. The Morgan fingerprint density at radius 3 is 1.73 bits per heavy atom. The molecule has 1 fully saturated rings. The summed E-state index contributed by atoms with van der Waals surface area (Å²) in [6, 6.07) is 20.2. The zero-order chi connectivity index (χ0) is 15.4. The molecule has 0 saturated carbocycles. The van der Waals surface area contributed by atoms with Gasteiger partial charge in [-0.3, -0.25) is 4.79 Å². The number of primary amides is 1. The third-order valence-electron chi connectivity index (χ3n) is 3.59. The minimum Gasteiger partial charge on any atom is -0.366 e. The first-order chi connectivity index (χ1) is 10.8. The Morgan fingerprint density at radius 2 is 1.32 bits per heavy atom. The molecule has 0 atom stereocenters. The van der Waals surface area contributed by atoms with Gasteiger partial charge in [-0.15, -0.1) is 23.5 Å². The highest BCUT2D eigenvalue weighted by molar-refractivity contribution is 8.25. The van der Waals surface area contributed by atoms with E-state index in [0.717, 1.165) is 32.4 Å². The van der Waals surface area contributed by atoms with Gasteiger partial charge in [0.25, 0.3) is 0 Å². The van der Waals surface area contributed by atoms with Crippen LogP contribution in [0.2, 0.25) is 0 Å². The molecule has 2 N–H and O–H groups in total. The third kappa shape index (κ3) is 3.23. The molecule has 0 aliphatic carbocycles. The molecule has 0 spiro atoms. The lowest BCUT2D eigenvalue weighted by molar-refractivity contribution is -0.114. The van der Waals surface area contributed by atoms with Gasteiger partial charge in [-0.2, -0.15) is 0 Å². The summed E-state index contributed by atoms with van der Waals surface area (Å²) in [5, 5.41) is 0. The van der Waals surface area contributed by atoms with Crippen molar-refractivity contribution in [2.24, 2.45) is 5.73 Å². The molecule has 1 saturated heterocycles. The number of amides is 1. The van der Waals surface area contributed by atoms with Crippen LogP contribution >= 0.6 is 23.5 Å². The topological polar surface area (TPSA) is 43.1 Å². The highest BCUT2D eigenvalue weighted by atomic mass is 32.2. The highest BCUT2D eigenvalue weighted by Gasteiger charge is 2.28. The van der Waals surface area contributed by atoms with Crippen LogP contribution in [0.3, 0.4) is 0 Å². The monoisotopic (exact) mass is 327 g/mol. The van der Waals surface area contributed by atoms with E-state index in [-0.39, 0.29) is 11.8 Å². The van der Waals surface area contributed by atoms with Crippen molar-refractivity contribution in [1.82, 2.24) is 0 Å². The molecule has 4 heteroatoms. The van der Waals surface area contributed by atoms with E-state index in [2.05, 4.69) is 24.3 Å². The number of hydrogen-bond donors (Lipinski definition) is 1. The number of nitrogens with two attached hydrogens (primary N) is 1. The summed E-state index contributed by atoms with van der Waals surface area (Å²) in [4.78, 5) is 12.2. The second kappa shape index (κ2) is 7.07. The number of benzene rings is 2. The molecule has 2 nitrogen and oxygen atoms in total. The second-order valence-corrected chi connectivity index (χ2v) is 7.49. The Balaban J connectivity index is 2.16. The normalized spacial score (nSPS) is 14.3. The van der Waals surface area contributed by atoms with Crippen LogP contribution in [0.25, 0.3) is 0 Å². The van der Waals surface area contributed by atoms with Crippen molar-refractivity contribution in [1.29, 1.82) is 0 Å². The Kier molecular flexibility index (Phi) is 4.90. The highest BCUT2D eigenvalue weighted by Crippen LogP contribution is 2.44. The first-order valence-electron chi connectivity index (χ1n) is 7.17. The van der Waals surface area contributed by atoms with Crippen molar-refractivity contribution < 1.29 is 4.79 Å². The van der Waals surface area contributed by atoms with Gasteiger partial charge in [-0.25, -0.2) is 0 Å². The average molecular weight is 327 g/mol. The van der Waals surface area contributed by atoms with E-state index in [0.29, 0.717) is 0 Å². The van der Waals surface area contributed by atoms with Crippen molar-refractivity contribution in [3.8, 4) is 0 Å². The summed E-state index contributed by atoms with van der Waals surface area (Å²) in [5.74, 6) is 1.64. The van der Waals surface area contributed by atoms with Crippen LogP contribution in [0.5, 0.6) is 0 Å². The van der Waals surface area contributed by atoms with Crippen LogP contribution in [0.15, 0.2) is 70.5 Å². The van der Waals surface area contributed by atoms with Crippen LogP contribution < -0.4 is 5.73 Å². The van der Waals surface area contributed by atoms with Crippen LogP contribution in [0.1, 0.15) is 17.0 Å². The van der Waals surface area contributed by atoms with Gasteiger partial charge < -0.3 is 5.73 Å². The molecule has 22 heavy (non-hydrogen) atoms. The predicted octanol–water partition coefficient (Wildman–Crippen LogP) is 4.00. The van der Waals surface area contributed by atoms with Crippen molar-refractivity contribution in [2.75, 3.05) is 11.5 Å². The predicted molar refractivity (Wildman–Crippen MR) is 95.9 cm³/mol. The molecule has 2 aromatic rings. The van der Waals surface area contributed by atoms with Crippen LogP contribution in [-0.4, -0.2) is 17.4 Å². The van der Waals surface area contributed by atoms with Gasteiger partial charge in [0.15, 0.2) is 0 Å². The molecule has 0 unspecified atom stereocenters. The maximum atomic E-state index is 12.2. The zero-order valence-electron chi connectivity index (χ0n) is 12.1. The van der Waals surface area contributed by atoms with Gasteiger partial charge in [-0.05, 0) is 11.1 Å². The number of carbonyl (C=O) groups excluding carboxylic acids is 1.